The monoisotopic (exact) mass is 280 g/mol. The van der Waals surface area contributed by atoms with Gasteiger partial charge in [-0.05, 0) is 30.7 Å². The van der Waals surface area contributed by atoms with Crippen molar-refractivity contribution in [3.05, 3.63) is 24.3 Å². The van der Waals surface area contributed by atoms with E-state index in [0.717, 1.165) is 6.42 Å². The van der Waals surface area contributed by atoms with Crippen LogP contribution >= 0.6 is 0 Å². The summed E-state index contributed by atoms with van der Waals surface area (Å²) in [5, 5.41) is 14.2. The molecule has 3 N–H and O–H groups in total. The molecule has 0 aliphatic heterocycles. The maximum Gasteiger partial charge on any atom is 0.319 e. The normalized spacial score (nSPS) is 11.5. The third-order valence-corrected chi connectivity index (χ3v) is 2.84. The number of carbonyl (C=O) groups excluding carboxylic acids is 1. The van der Waals surface area contributed by atoms with Crippen LogP contribution in [0.2, 0.25) is 0 Å². The summed E-state index contributed by atoms with van der Waals surface area (Å²) in [5.74, 6) is -0.747. The predicted molar refractivity (Wildman–Crippen MR) is 76.0 cm³/mol. The van der Waals surface area contributed by atoms with E-state index in [4.69, 9.17) is 9.84 Å². The average molecular weight is 280 g/mol. The van der Waals surface area contributed by atoms with Gasteiger partial charge in [-0.2, -0.15) is 0 Å². The van der Waals surface area contributed by atoms with E-state index >= 15 is 0 Å². The highest BCUT2D eigenvalue weighted by atomic mass is 16.5. The van der Waals surface area contributed by atoms with Crippen LogP contribution in [0.5, 0.6) is 5.75 Å². The Labute approximate surface area is 118 Å². The number of ether oxygens (including phenoxy) is 1. The zero-order valence-corrected chi connectivity index (χ0v) is 11.7. The van der Waals surface area contributed by atoms with Gasteiger partial charge in [0.1, 0.15) is 5.75 Å². The number of benzene rings is 1. The van der Waals surface area contributed by atoms with Crippen LogP contribution < -0.4 is 15.4 Å². The molecule has 2 amide bonds. The van der Waals surface area contributed by atoms with Crippen LogP contribution in [-0.4, -0.2) is 30.8 Å². The minimum Gasteiger partial charge on any atom is -0.497 e. The number of anilines is 1. The summed E-state index contributed by atoms with van der Waals surface area (Å²) in [6.45, 7) is 2.03. The van der Waals surface area contributed by atoms with Crippen LogP contribution in [0.4, 0.5) is 10.5 Å². The second kappa shape index (κ2) is 8.04. The van der Waals surface area contributed by atoms with E-state index in [9.17, 15) is 9.59 Å². The number of amides is 2. The first-order valence-electron chi connectivity index (χ1n) is 6.48. The zero-order valence-electron chi connectivity index (χ0n) is 11.7. The lowest BCUT2D eigenvalue weighted by Gasteiger charge is -2.13. The number of hydrogen-bond donors (Lipinski definition) is 3. The maximum absolute atomic E-state index is 11.7. The van der Waals surface area contributed by atoms with Gasteiger partial charge in [-0.3, -0.25) is 4.79 Å². The van der Waals surface area contributed by atoms with Gasteiger partial charge in [-0.25, -0.2) is 4.79 Å². The van der Waals surface area contributed by atoms with Crippen LogP contribution in [0.15, 0.2) is 24.3 Å². The van der Waals surface area contributed by atoms with Gasteiger partial charge in [0.15, 0.2) is 0 Å². The number of aliphatic carboxylic acids is 1. The van der Waals surface area contributed by atoms with Crippen molar-refractivity contribution in [3.8, 4) is 5.75 Å². The highest BCUT2D eigenvalue weighted by Crippen LogP contribution is 2.14. The van der Waals surface area contributed by atoms with Crippen molar-refractivity contribution in [1.82, 2.24) is 5.32 Å². The fraction of sp³-hybridized carbons (Fsp3) is 0.429. The maximum atomic E-state index is 11.7. The fourth-order valence-corrected chi connectivity index (χ4v) is 1.73. The lowest BCUT2D eigenvalue weighted by atomic mass is 10.0. The Balaban J connectivity index is 2.44. The van der Waals surface area contributed by atoms with Gasteiger partial charge >= 0.3 is 12.0 Å². The van der Waals surface area contributed by atoms with E-state index in [2.05, 4.69) is 10.6 Å². The molecule has 20 heavy (non-hydrogen) atoms. The Morgan fingerprint density at radius 3 is 2.45 bits per heavy atom. The molecular formula is C14H20N2O4. The van der Waals surface area contributed by atoms with Crippen molar-refractivity contribution in [2.75, 3.05) is 19.0 Å². The molecule has 0 spiro atoms. The highest BCUT2D eigenvalue weighted by Gasteiger charge is 2.17. The molecule has 0 aromatic heterocycles. The number of hydrogen-bond acceptors (Lipinski definition) is 3. The van der Waals surface area contributed by atoms with E-state index in [1.54, 1.807) is 31.4 Å². The summed E-state index contributed by atoms with van der Waals surface area (Å²) in [6.07, 6.45) is 1.30. The van der Waals surface area contributed by atoms with E-state index in [-0.39, 0.29) is 6.54 Å². The molecule has 1 unspecified atom stereocenters. The van der Waals surface area contributed by atoms with Crippen LogP contribution in [0, 0.1) is 5.92 Å². The second-order valence-electron chi connectivity index (χ2n) is 4.39. The summed E-state index contributed by atoms with van der Waals surface area (Å²) in [5.41, 5.74) is 0.616. The third kappa shape index (κ3) is 5.17. The Hall–Kier alpha value is -2.24. The second-order valence-corrected chi connectivity index (χ2v) is 4.39. The van der Waals surface area contributed by atoms with Crippen molar-refractivity contribution >= 4 is 17.7 Å². The summed E-state index contributed by atoms with van der Waals surface area (Å²) in [7, 11) is 1.56. The van der Waals surface area contributed by atoms with Gasteiger partial charge in [0.25, 0.3) is 0 Å². The minimum absolute atomic E-state index is 0.116. The zero-order chi connectivity index (χ0) is 15.0. The average Bonchev–Trinajstić information content (AvgIpc) is 2.44. The standard InChI is InChI=1S/C14H20N2O4/c1-3-4-10(13(17)18)9-15-14(19)16-11-5-7-12(20-2)8-6-11/h5-8,10H,3-4,9H2,1-2H3,(H,17,18)(H2,15,16,19). The molecule has 0 radical (unpaired) electrons. The Bertz CT molecular complexity index is 445. The lowest BCUT2D eigenvalue weighted by Crippen LogP contribution is -2.35. The number of rotatable bonds is 7. The van der Waals surface area contributed by atoms with E-state index < -0.39 is 17.9 Å². The molecule has 0 saturated heterocycles. The van der Waals surface area contributed by atoms with Crippen molar-refractivity contribution in [2.24, 2.45) is 5.92 Å². The Kier molecular flexibility index (Phi) is 6.36. The van der Waals surface area contributed by atoms with E-state index in [0.29, 0.717) is 17.9 Å². The molecule has 0 aliphatic rings. The molecule has 1 atom stereocenters. The van der Waals surface area contributed by atoms with Crippen LogP contribution in [0.3, 0.4) is 0 Å². The third-order valence-electron chi connectivity index (χ3n) is 2.84. The quantitative estimate of drug-likeness (QED) is 0.715. The first-order chi connectivity index (χ1) is 9.56. The van der Waals surface area contributed by atoms with Crippen molar-refractivity contribution in [2.45, 2.75) is 19.8 Å². The van der Waals surface area contributed by atoms with Crippen LogP contribution in [0.25, 0.3) is 0 Å². The van der Waals surface area contributed by atoms with E-state index in [1.807, 2.05) is 6.92 Å². The van der Waals surface area contributed by atoms with E-state index in [1.165, 1.54) is 0 Å². The highest BCUT2D eigenvalue weighted by molar-refractivity contribution is 5.89. The number of nitrogens with one attached hydrogen (secondary N) is 2. The molecule has 0 fully saturated rings. The molecule has 1 rings (SSSR count). The molecule has 0 bridgehead atoms. The smallest absolute Gasteiger partial charge is 0.319 e. The largest absolute Gasteiger partial charge is 0.497 e. The first-order valence-corrected chi connectivity index (χ1v) is 6.48. The molecule has 1 aromatic rings. The van der Waals surface area contributed by atoms with Crippen molar-refractivity contribution < 1.29 is 19.4 Å². The molecular weight excluding hydrogens is 260 g/mol. The van der Waals surface area contributed by atoms with Gasteiger partial charge < -0.3 is 20.5 Å². The number of urea groups is 1. The predicted octanol–water partition coefficient (Wildman–Crippen LogP) is 2.32. The lowest BCUT2D eigenvalue weighted by molar-refractivity contribution is -0.141. The molecule has 6 nitrogen and oxygen atoms in total. The van der Waals surface area contributed by atoms with Gasteiger partial charge in [0, 0.05) is 12.2 Å². The Morgan fingerprint density at radius 2 is 1.95 bits per heavy atom. The molecule has 6 heteroatoms. The summed E-state index contributed by atoms with van der Waals surface area (Å²) in [4.78, 5) is 22.6. The molecule has 1 aromatic carbocycles. The van der Waals surface area contributed by atoms with Crippen molar-refractivity contribution in [3.63, 3.8) is 0 Å². The Morgan fingerprint density at radius 1 is 1.30 bits per heavy atom. The summed E-state index contributed by atoms with van der Waals surface area (Å²) < 4.78 is 5.01. The SMILES string of the molecule is CCCC(CNC(=O)Nc1ccc(OC)cc1)C(=O)O. The molecule has 0 aliphatic carbocycles. The van der Waals surface area contributed by atoms with Crippen LogP contribution in [0.1, 0.15) is 19.8 Å². The topological polar surface area (TPSA) is 87.7 Å². The summed E-state index contributed by atoms with van der Waals surface area (Å²) >= 11 is 0. The van der Waals surface area contributed by atoms with Crippen LogP contribution in [-0.2, 0) is 4.79 Å². The number of carboxylic acids is 1. The van der Waals surface area contributed by atoms with Crippen molar-refractivity contribution in [1.29, 1.82) is 0 Å². The van der Waals surface area contributed by atoms with Gasteiger partial charge in [-0.1, -0.05) is 13.3 Å². The molecule has 0 heterocycles. The van der Waals surface area contributed by atoms with Gasteiger partial charge in [-0.15, -0.1) is 0 Å². The fourth-order valence-electron chi connectivity index (χ4n) is 1.73. The molecule has 0 saturated carbocycles. The first kappa shape index (κ1) is 15.8. The number of carbonyl (C=O) groups is 2. The number of carboxylic acid groups (broad SMARTS) is 1. The van der Waals surface area contributed by atoms with Gasteiger partial charge in [0.2, 0.25) is 0 Å². The summed E-state index contributed by atoms with van der Waals surface area (Å²) in [6, 6.07) is 6.45. The van der Waals surface area contributed by atoms with Gasteiger partial charge in [0.05, 0.1) is 13.0 Å². The minimum atomic E-state index is -0.892. The number of methoxy groups -OCH3 is 1. The molecule has 110 valence electrons.